The molecule has 0 N–H and O–H groups in total. The van der Waals surface area contributed by atoms with Gasteiger partial charge in [-0.05, 0) is 54.0 Å². The topological polar surface area (TPSA) is 76.4 Å². The zero-order chi connectivity index (χ0) is 17.9. The fourth-order valence-electron chi connectivity index (χ4n) is 3.71. The molecule has 0 aliphatic carbocycles. The van der Waals surface area contributed by atoms with E-state index in [1.165, 1.54) is 6.42 Å². The predicted molar refractivity (Wildman–Crippen MR) is 95.2 cm³/mol. The lowest BCUT2D eigenvalue weighted by Crippen LogP contribution is -2.50. The standard InChI is InChI=1S/C18H24N6O2/c1-14-11-15(4-5-17(14)24-13-19-20-21-24)18(25)23-8-6-22(7-9-23)12-16-3-2-10-26-16/h4-5,11,13,16H,2-3,6-10,12H2,1H3. The van der Waals surface area contributed by atoms with Crippen LogP contribution < -0.4 is 0 Å². The van der Waals surface area contributed by atoms with Crippen molar-refractivity contribution in [2.75, 3.05) is 39.3 Å². The maximum Gasteiger partial charge on any atom is 0.253 e. The molecule has 138 valence electrons. The summed E-state index contributed by atoms with van der Waals surface area (Å²) in [7, 11) is 0. The van der Waals surface area contributed by atoms with Crippen LogP contribution in [0, 0.1) is 6.92 Å². The number of tetrazole rings is 1. The minimum atomic E-state index is 0.0909. The summed E-state index contributed by atoms with van der Waals surface area (Å²) in [5, 5.41) is 11.2. The number of aromatic nitrogens is 4. The number of nitrogens with zero attached hydrogens (tertiary/aromatic N) is 6. The minimum Gasteiger partial charge on any atom is -0.377 e. The minimum absolute atomic E-state index is 0.0909. The van der Waals surface area contributed by atoms with Gasteiger partial charge >= 0.3 is 0 Å². The highest BCUT2D eigenvalue weighted by Crippen LogP contribution is 2.18. The molecule has 1 aromatic heterocycles. The molecular formula is C18H24N6O2. The normalized spacial score (nSPS) is 21.3. The molecule has 2 aromatic rings. The summed E-state index contributed by atoms with van der Waals surface area (Å²) in [6.07, 6.45) is 4.26. The Morgan fingerprint density at radius 2 is 2.12 bits per heavy atom. The number of rotatable bonds is 4. The molecule has 0 radical (unpaired) electrons. The van der Waals surface area contributed by atoms with Crippen LogP contribution in [0.25, 0.3) is 5.69 Å². The molecule has 3 heterocycles. The van der Waals surface area contributed by atoms with Gasteiger partial charge in [-0.3, -0.25) is 9.69 Å². The molecular weight excluding hydrogens is 332 g/mol. The highest BCUT2D eigenvalue weighted by atomic mass is 16.5. The highest BCUT2D eigenvalue weighted by Gasteiger charge is 2.25. The largest absolute Gasteiger partial charge is 0.377 e. The molecule has 1 aromatic carbocycles. The van der Waals surface area contributed by atoms with Gasteiger partial charge in [0.2, 0.25) is 0 Å². The maximum atomic E-state index is 12.8. The van der Waals surface area contributed by atoms with Gasteiger partial charge in [0, 0.05) is 44.9 Å². The summed E-state index contributed by atoms with van der Waals surface area (Å²) in [5.41, 5.74) is 2.57. The first-order valence-electron chi connectivity index (χ1n) is 9.18. The van der Waals surface area contributed by atoms with Crippen molar-refractivity contribution in [3.05, 3.63) is 35.7 Å². The zero-order valence-electron chi connectivity index (χ0n) is 15.0. The van der Waals surface area contributed by atoms with Crippen molar-refractivity contribution >= 4 is 5.91 Å². The fraction of sp³-hybridized carbons (Fsp3) is 0.556. The third-order valence-corrected chi connectivity index (χ3v) is 5.18. The summed E-state index contributed by atoms with van der Waals surface area (Å²) in [4.78, 5) is 17.2. The average molecular weight is 356 g/mol. The lowest BCUT2D eigenvalue weighted by atomic mass is 10.1. The molecule has 2 aliphatic heterocycles. The van der Waals surface area contributed by atoms with E-state index in [1.807, 2.05) is 30.0 Å². The molecule has 2 aliphatic rings. The molecule has 8 nitrogen and oxygen atoms in total. The zero-order valence-corrected chi connectivity index (χ0v) is 15.0. The van der Waals surface area contributed by atoms with Gasteiger partial charge in [0.25, 0.3) is 5.91 Å². The third-order valence-electron chi connectivity index (χ3n) is 5.18. The molecule has 2 fully saturated rings. The molecule has 1 unspecified atom stereocenters. The van der Waals surface area contributed by atoms with Gasteiger partial charge in [-0.15, -0.1) is 5.10 Å². The smallest absolute Gasteiger partial charge is 0.253 e. The van der Waals surface area contributed by atoms with E-state index in [1.54, 1.807) is 11.0 Å². The van der Waals surface area contributed by atoms with Crippen LogP contribution in [0.4, 0.5) is 0 Å². The predicted octanol–water partition coefficient (Wildman–Crippen LogP) is 0.908. The monoisotopic (exact) mass is 356 g/mol. The number of piperazine rings is 1. The van der Waals surface area contributed by atoms with E-state index in [0.717, 1.165) is 57.0 Å². The summed E-state index contributed by atoms with van der Waals surface area (Å²) in [6.45, 7) is 7.19. The SMILES string of the molecule is Cc1cc(C(=O)N2CCN(CC3CCCO3)CC2)ccc1-n1cnnn1. The van der Waals surface area contributed by atoms with E-state index in [2.05, 4.69) is 20.4 Å². The van der Waals surface area contributed by atoms with Crippen molar-refractivity contribution in [1.82, 2.24) is 30.0 Å². The molecule has 2 saturated heterocycles. The van der Waals surface area contributed by atoms with Crippen molar-refractivity contribution in [3.8, 4) is 5.69 Å². The van der Waals surface area contributed by atoms with Crippen LogP contribution >= 0.6 is 0 Å². The van der Waals surface area contributed by atoms with Crippen molar-refractivity contribution in [2.24, 2.45) is 0 Å². The van der Waals surface area contributed by atoms with Crippen molar-refractivity contribution in [2.45, 2.75) is 25.9 Å². The number of benzene rings is 1. The van der Waals surface area contributed by atoms with Crippen molar-refractivity contribution in [3.63, 3.8) is 0 Å². The first-order valence-corrected chi connectivity index (χ1v) is 9.18. The molecule has 1 amide bonds. The van der Waals surface area contributed by atoms with Crippen molar-refractivity contribution < 1.29 is 9.53 Å². The van der Waals surface area contributed by atoms with Crippen molar-refractivity contribution in [1.29, 1.82) is 0 Å². The van der Waals surface area contributed by atoms with Crippen LogP contribution in [0.3, 0.4) is 0 Å². The average Bonchev–Trinajstić information content (AvgIpc) is 3.36. The first kappa shape index (κ1) is 17.1. The Kier molecular flexibility index (Phi) is 4.94. The third kappa shape index (κ3) is 3.61. The molecule has 4 rings (SSSR count). The summed E-state index contributed by atoms with van der Waals surface area (Å²) in [5.74, 6) is 0.0909. The van der Waals surface area contributed by atoms with Crippen LogP contribution in [0.2, 0.25) is 0 Å². The van der Waals surface area contributed by atoms with E-state index in [4.69, 9.17) is 4.74 Å². The molecule has 26 heavy (non-hydrogen) atoms. The Morgan fingerprint density at radius 1 is 1.27 bits per heavy atom. The second kappa shape index (κ2) is 7.51. The van der Waals surface area contributed by atoms with Gasteiger partial charge in [-0.2, -0.15) is 0 Å². The number of carbonyl (C=O) groups excluding carboxylic acids is 1. The summed E-state index contributed by atoms with van der Waals surface area (Å²) >= 11 is 0. The quantitative estimate of drug-likeness (QED) is 0.810. The Labute approximate surface area is 152 Å². The van der Waals surface area contributed by atoms with Gasteiger partial charge < -0.3 is 9.64 Å². The van der Waals surface area contributed by atoms with Gasteiger partial charge in [0.15, 0.2) is 0 Å². The summed E-state index contributed by atoms with van der Waals surface area (Å²) < 4.78 is 7.32. The lowest BCUT2D eigenvalue weighted by molar-refractivity contribution is 0.0432. The Hall–Kier alpha value is -2.32. The van der Waals surface area contributed by atoms with Crippen LogP contribution in [-0.2, 0) is 4.74 Å². The first-order chi connectivity index (χ1) is 12.7. The fourth-order valence-corrected chi connectivity index (χ4v) is 3.71. The van der Waals surface area contributed by atoms with Gasteiger partial charge in [0.1, 0.15) is 6.33 Å². The lowest BCUT2D eigenvalue weighted by Gasteiger charge is -2.35. The second-order valence-electron chi connectivity index (χ2n) is 6.98. The molecule has 0 bridgehead atoms. The number of amides is 1. The van der Waals surface area contributed by atoms with E-state index in [9.17, 15) is 4.79 Å². The van der Waals surface area contributed by atoms with Gasteiger partial charge in [-0.1, -0.05) is 0 Å². The number of carbonyl (C=O) groups is 1. The van der Waals surface area contributed by atoms with E-state index < -0.39 is 0 Å². The maximum absolute atomic E-state index is 12.8. The van der Waals surface area contributed by atoms with Crippen LogP contribution in [0.1, 0.15) is 28.8 Å². The highest BCUT2D eigenvalue weighted by molar-refractivity contribution is 5.94. The Morgan fingerprint density at radius 3 is 2.77 bits per heavy atom. The van der Waals surface area contributed by atoms with Crippen LogP contribution in [-0.4, -0.2) is 81.3 Å². The van der Waals surface area contributed by atoms with E-state index >= 15 is 0 Å². The molecule has 1 atom stereocenters. The van der Waals surface area contributed by atoms with E-state index in [0.29, 0.717) is 11.7 Å². The Balaban J connectivity index is 1.37. The summed E-state index contributed by atoms with van der Waals surface area (Å²) in [6, 6.07) is 5.66. The van der Waals surface area contributed by atoms with E-state index in [-0.39, 0.29) is 5.91 Å². The molecule has 0 saturated carbocycles. The number of hydrogen-bond donors (Lipinski definition) is 0. The van der Waals surface area contributed by atoms with Gasteiger partial charge in [-0.25, -0.2) is 4.68 Å². The number of hydrogen-bond acceptors (Lipinski definition) is 6. The second-order valence-corrected chi connectivity index (χ2v) is 6.98. The molecule has 0 spiro atoms. The molecule has 8 heteroatoms. The number of ether oxygens (including phenoxy) is 1. The van der Waals surface area contributed by atoms with Gasteiger partial charge in [0.05, 0.1) is 11.8 Å². The van der Waals surface area contributed by atoms with Crippen LogP contribution in [0.15, 0.2) is 24.5 Å². The number of aryl methyl sites for hydroxylation is 1. The Bertz CT molecular complexity index is 749. The van der Waals surface area contributed by atoms with Crippen LogP contribution in [0.5, 0.6) is 0 Å².